The summed E-state index contributed by atoms with van der Waals surface area (Å²) in [5.41, 5.74) is -1.28. The minimum Gasteiger partial charge on any atom is -0.404 e. The zero-order valence-electron chi connectivity index (χ0n) is 8.13. The number of hydrogen-bond acceptors (Lipinski definition) is 4. The third-order valence-corrected chi connectivity index (χ3v) is 3.06. The van der Waals surface area contributed by atoms with Crippen molar-refractivity contribution in [2.24, 2.45) is 0 Å². The van der Waals surface area contributed by atoms with Crippen molar-refractivity contribution in [1.82, 2.24) is 4.98 Å². The summed E-state index contributed by atoms with van der Waals surface area (Å²) in [6.07, 6.45) is -5.13. The number of aryl methyl sites for hydroxylation is 1. The molecule has 1 aromatic heterocycles. The highest BCUT2D eigenvalue weighted by atomic mass is 35.7. The number of H-pyrrole nitrogens is 1. The smallest absolute Gasteiger partial charge is 0.404 e. The van der Waals surface area contributed by atoms with Crippen molar-refractivity contribution >= 4 is 19.7 Å². The largest absolute Gasteiger partial charge is 0.573 e. The van der Waals surface area contributed by atoms with Crippen molar-refractivity contribution < 1.29 is 26.3 Å². The first kappa shape index (κ1) is 13.8. The van der Waals surface area contributed by atoms with Gasteiger partial charge < -0.3 is 9.72 Å². The average molecular weight is 292 g/mol. The first-order valence-electron chi connectivity index (χ1n) is 3.95. The summed E-state index contributed by atoms with van der Waals surface area (Å²) in [6.45, 7) is 1.08. The summed E-state index contributed by atoms with van der Waals surface area (Å²) in [5, 5.41) is 0. The zero-order valence-corrected chi connectivity index (χ0v) is 9.70. The maximum atomic E-state index is 12.0. The summed E-state index contributed by atoms with van der Waals surface area (Å²) in [4.78, 5) is 12.0. The van der Waals surface area contributed by atoms with Gasteiger partial charge >= 0.3 is 6.36 Å². The second-order valence-corrected chi connectivity index (χ2v) is 5.44. The molecule has 0 unspecified atom stereocenters. The van der Waals surface area contributed by atoms with Crippen LogP contribution in [0.3, 0.4) is 0 Å². The Labute approximate surface area is 97.6 Å². The lowest BCUT2D eigenvalue weighted by Crippen LogP contribution is -2.21. The molecule has 1 aromatic rings. The molecule has 0 radical (unpaired) electrons. The third kappa shape index (κ3) is 3.63. The highest BCUT2D eigenvalue weighted by Crippen LogP contribution is 2.31. The van der Waals surface area contributed by atoms with E-state index >= 15 is 0 Å². The molecule has 0 atom stereocenters. The maximum Gasteiger partial charge on any atom is 0.573 e. The van der Waals surface area contributed by atoms with Crippen molar-refractivity contribution in [3.63, 3.8) is 0 Å². The van der Waals surface area contributed by atoms with Crippen LogP contribution in [0.25, 0.3) is 0 Å². The first-order valence-corrected chi connectivity index (χ1v) is 6.26. The van der Waals surface area contributed by atoms with Crippen LogP contribution in [-0.4, -0.2) is 19.8 Å². The highest BCUT2D eigenvalue weighted by Gasteiger charge is 2.34. The quantitative estimate of drug-likeness (QED) is 0.838. The Balaban J connectivity index is 3.53. The molecule has 0 saturated heterocycles. The van der Waals surface area contributed by atoms with Gasteiger partial charge in [0.1, 0.15) is 4.90 Å². The molecular formula is C7H5ClF3NO4S. The molecule has 1 N–H and O–H groups in total. The van der Waals surface area contributed by atoms with Crippen LogP contribution in [-0.2, 0) is 9.05 Å². The Morgan fingerprint density at radius 1 is 1.41 bits per heavy atom. The predicted molar refractivity (Wildman–Crippen MR) is 51.5 cm³/mol. The molecule has 1 heterocycles. The van der Waals surface area contributed by atoms with Gasteiger partial charge in [0.25, 0.3) is 14.6 Å². The molecule has 0 fully saturated rings. The van der Waals surface area contributed by atoms with Gasteiger partial charge in [-0.05, 0) is 6.92 Å². The number of pyridine rings is 1. The third-order valence-electron chi connectivity index (χ3n) is 1.61. The van der Waals surface area contributed by atoms with Crippen LogP contribution in [0.1, 0.15) is 5.69 Å². The molecule has 0 saturated carbocycles. The summed E-state index contributed by atoms with van der Waals surface area (Å²) in [7, 11) is 0.477. The van der Waals surface area contributed by atoms with E-state index in [0.717, 1.165) is 6.92 Å². The lowest BCUT2D eigenvalue weighted by atomic mass is 10.3. The Morgan fingerprint density at radius 3 is 2.35 bits per heavy atom. The molecule has 17 heavy (non-hydrogen) atoms. The van der Waals surface area contributed by atoms with Gasteiger partial charge in [0.15, 0.2) is 5.75 Å². The SMILES string of the molecule is Cc1[nH]c(=O)cc(OC(F)(F)F)c1S(=O)(=O)Cl. The van der Waals surface area contributed by atoms with Gasteiger partial charge in [-0.2, -0.15) is 0 Å². The van der Waals surface area contributed by atoms with Crippen molar-refractivity contribution in [2.75, 3.05) is 0 Å². The summed E-state index contributed by atoms with van der Waals surface area (Å²) >= 11 is 0. The molecule has 0 aliphatic rings. The lowest BCUT2D eigenvalue weighted by Gasteiger charge is -2.12. The Kier molecular flexibility index (Phi) is 3.44. The van der Waals surface area contributed by atoms with Crippen molar-refractivity contribution in [3.8, 4) is 5.75 Å². The normalized spacial score (nSPS) is 12.5. The van der Waals surface area contributed by atoms with Crippen LogP contribution in [0.15, 0.2) is 15.8 Å². The maximum absolute atomic E-state index is 12.0. The predicted octanol–water partition coefficient (Wildman–Crippen LogP) is 1.51. The molecule has 96 valence electrons. The van der Waals surface area contributed by atoms with Crippen LogP contribution in [0, 0.1) is 6.92 Å². The van der Waals surface area contributed by atoms with E-state index in [0.29, 0.717) is 6.07 Å². The van der Waals surface area contributed by atoms with E-state index in [1.54, 1.807) is 0 Å². The van der Waals surface area contributed by atoms with E-state index in [1.165, 1.54) is 0 Å². The molecule has 0 bridgehead atoms. The van der Waals surface area contributed by atoms with Crippen LogP contribution in [0.2, 0.25) is 0 Å². The fourth-order valence-corrected chi connectivity index (χ4v) is 2.48. The molecule has 10 heteroatoms. The molecule has 0 spiro atoms. The molecule has 1 rings (SSSR count). The molecule has 0 aliphatic heterocycles. The van der Waals surface area contributed by atoms with Crippen molar-refractivity contribution in [1.29, 1.82) is 0 Å². The minimum absolute atomic E-state index is 0.341. The van der Waals surface area contributed by atoms with Gasteiger partial charge in [-0.15, -0.1) is 13.2 Å². The second-order valence-electron chi connectivity index (χ2n) is 2.94. The fraction of sp³-hybridized carbons (Fsp3) is 0.286. The standard InChI is InChI=1S/C7H5ClF3NO4S/c1-3-6(17(8,14)15)4(2-5(13)12-3)16-7(9,10)11/h2H,1H3,(H,12,13). The number of aromatic amines is 1. The molecule has 0 aliphatic carbocycles. The summed E-state index contributed by atoms with van der Waals surface area (Å²) in [5.74, 6) is -1.16. The van der Waals surface area contributed by atoms with Crippen LogP contribution in [0.4, 0.5) is 13.2 Å². The minimum atomic E-state index is -5.13. The Bertz CT molecular complexity index is 592. The van der Waals surface area contributed by atoms with Crippen LogP contribution < -0.4 is 10.3 Å². The van der Waals surface area contributed by atoms with E-state index in [9.17, 15) is 26.4 Å². The van der Waals surface area contributed by atoms with E-state index < -0.39 is 31.6 Å². The van der Waals surface area contributed by atoms with Gasteiger partial charge in [-0.3, -0.25) is 4.79 Å². The lowest BCUT2D eigenvalue weighted by molar-refractivity contribution is -0.275. The first-order chi connectivity index (χ1) is 7.50. The fourth-order valence-electron chi connectivity index (χ4n) is 1.15. The van der Waals surface area contributed by atoms with Crippen molar-refractivity contribution in [2.45, 2.75) is 18.2 Å². The average Bonchev–Trinajstić information content (AvgIpc) is 1.94. The number of halogens is 4. The second kappa shape index (κ2) is 4.22. The van der Waals surface area contributed by atoms with Gasteiger partial charge in [-0.25, -0.2) is 8.42 Å². The topological polar surface area (TPSA) is 76.2 Å². The molecular weight excluding hydrogens is 287 g/mol. The van der Waals surface area contributed by atoms with Crippen molar-refractivity contribution in [3.05, 3.63) is 22.1 Å². The summed E-state index contributed by atoms with van der Waals surface area (Å²) < 4.78 is 61.6. The van der Waals surface area contributed by atoms with Gasteiger partial charge in [0.2, 0.25) is 0 Å². The van der Waals surface area contributed by atoms with E-state index in [1.807, 2.05) is 4.98 Å². The molecule has 0 amide bonds. The van der Waals surface area contributed by atoms with Crippen LogP contribution in [0.5, 0.6) is 5.75 Å². The Hall–Kier alpha value is -1.22. The van der Waals surface area contributed by atoms with E-state index in [2.05, 4.69) is 4.74 Å². The highest BCUT2D eigenvalue weighted by molar-refractivity contribution is 8.13. The molecule has 5 nitrogen and oxygen atoms in total. The number of aromatic nitrogens is 1. The van der Waals surface area contributed by atoms with Gasteiger partial charge in [-0.1, -0.05) is 0 Å². The van der Waals surface area contributed by atoms with E-state index in [-0.39, 0.29) is 5.69 Å². The number of nitrogens with one attached hydrogen (secondary N) is 1. The summed E-state index contributed by atoms with van der Waals surface area (Å²) in [6, 6.07) is 0.357. The number of alkyl halides is 3. The van der Waals surface area contributed by atoms with Gasteiger partial charge in [0, 0.05) is 22.4 Å². The number of rotatable bonds is 2. The Morgan fingerprint density at radius 2 is 1.94 bits per heavy atom. The van der Waals surface area contributed by atoms with E-state index in [4.69, 9.17) is 10.7 Å². The molecule has 0 aromatic carbocycles. The van der Waals surface area contributed by atoms with Gasteiger partial charge in [0.05, 0.1) is 0 Å². The zero-order chi connectivity index (χ0) is 13.4. The number of ether oxygens (including phenoxy) is 1. The monoisotopic (exact) mass is 291 g/mol. The van der Waals surface area contributed by atoms with Crippen LogP contribution >= 0.6 is 10.7 Å². The number of hydrogen-bond donors (Lipinski definition) is 1.